The van der Waals surface area contributed by atoms with E-state index >= 15 is 0 Å². The lowest BCUT2D eigenvalue weighted by Crippen LogP contribution is -2.42. The zero-order valence-electron chi connectivity index (χ0n) is 18.9. The van der Waals surface area contributed by atoms with Crippen LogP contribution in [-0.2, 0) is 0 Å². The summed E-state index contributed by atoms with van der Waals surface area (Å²) >= 11 is 12.3. The fraction of sp³-hybridized carbons (Fsp3) is 0.696. The molecule has 7 heteroatoms. The Morgan fingerprint density at radius 3 is 1.80 bits per heavy atom. The molecule has 0 unspecified atom stereocenters. The molecular weight excluding hydrogens is 431 g/mol. The second-order valence-electron chi connectivity index (χ2n) is 9.48. The Bertz CT molecular complexity index is 737. The van der Waals surface area contributed by atoms with Crippen LogP contribution in [-0.4, -0.2) is 45.8 Å². The number of thiocarbonyl (C=S) groups is 1. The molecule has 2 aliphatic rings. The molecule has 0 spiro atoms. The van der Waals surface area contributed by atoms with Gasteiger partial charge in [0.2, 0.25) is 0 Å². The van der Waals surface area contributed by atoms with E-state index in [0.29, 0.717) is 10.1 Å². The zero-order valence-corrected chi connectivity index (χ0v) is 21.3. The Kier molecular flexibility index (Phi) is 8.81. The number of hydrogen-bond donors (Lipinski definition) is 1. The average Bonchev–Trinajstić information content (AvgIpc) is 3.12. The summed E-state index contributed by atoms with van der Waals surface area (Å²) in [6.45, 7) is 11.6. The number of benzene rings is 1. The topological polar surface area (TPSA) is 30.9 Å². The van der Waals surface area contributed by atoms with Crippen LogP contribution in [0.3, 0.4) is 0 Å². The minimum atomic E-state index is -2.05. The van der Waals surface area contributed by atoms with Crippen molar-refractivity contribution in [3.05, 3.63) is 29.3 Å². The van der Waals surface area contributed by atoms with Gasteiger partial charge in [0.25, 0.3) is 0 Å². The summed E-state index contributed by atoms with van der Waals surface area (Å²) in [5.41, 5.74) is 0.839. The molecule has 0 aliphatic carbocycles. The molecule has 1 N–H and O–H groups in total. The van der Waals surface area contributed by atoms with Crippen LogP contribution < -0.4 is 5.32 Å². The Balaban J connectivity index is 2.06. The highest BCUT2D eigenvalue weighted by Gasteiger charge is 2.44. The van der Waals surface area contributed by atoms with Crippen molar-refractivity contribution in [1.82, 2.24) is 9.34 Å². The Labute approximate surface area is 193 Å². The van der Waals surface area contributed by atoms with E-state index in [0.717, 1.165) is 31.9 Å². The van der Waals surface area contributed by atoms with Crippen molar-refractivity contribution in [2.75, 3.05) is 31.5 Å². The molecule has 0 bridgehead atoms. The van der Waals surface area contributed by atoms with Crippen molar-refractivity contribution >= 4 is 42.0 Å². The van der Waals surface area contributed by atoms with Crippen LogP contribution in [0.15, 0.2) is 29.0 Å². The van der Waals surface area contributed by atoms with Gasteiger partial charge in [0, 0.05) is 31.3 Å². The number of hydrogen-bond acceptors (Lipinski definition) is 1. The summed E-state index contributed by atoms with van der Waals surface area (Å²) in [7, 11) is -2.05. The molecule has 0 aromatic heterocycles. The normalized spacial score (nSPS) is 20.3. The third kappa shape index (κ3) is 5.66. The molecule has 0 atom stereocenters. The summed E-state index contributed by atoms with van der Waals surface area (Å²) in [6.07, 6.45) is 10.3. The first-order valence-corrected chi connectivity index (χ1v) is 14.0. The monoisotopic (exact) mass is 468 g/mol. The predicted octanol–water partition coefficient (Wildman–Crippen LogP) is 7.62. The first-order valence-electron chi connectivity index (χ1n) is 11.5. The van der Waals surface area contributed by atoms with Crippen LogP contribution >= 0.6 is 31.2 Å². The summed E-state index contributed by atoms with van der Waals surface area (Å²) in [5, 5.41) is 4.63. The van der Waals surface area contributed by atoms with Crippen LogP contribution in [0, 0.1) is 0 Å². The van der Waals surface area contributed by atoms with Gasteiger partial charge in [-0.15, -0.1) is 0 Å². The summed E-state index contributed by atoms with van der Waals surface area (Å²) in [4.78, 5) is 0. The molecule has 0 saturated carbocycles. The maximum atomic E-state index is 6.39. The molecule has 1 aromatic rings. The van der Waals surface area contributed by atoms with Crippen LogP contribution in [0.5, 0.6) is 0 Å². The first-order chi connectivity index (χ1) is 14.3. The van der Waals surface area contributed by atoms with E-state index in [4.69, 9.17) is 28.6 Å². The van der Waals surface area contributed by atoms with Gasteiger partial charge in [-0.1, -0.05) is 70.2 Å². The van der Waals surface area contributed by atoms with Crippen molar-refractivity contribution in [3.8, 4) is 0 Å². The molecular formula is C23H38ClN4PS. The summed E-state index contributed by atoms with van der Waals surface area (Å²) < 4.78 is 11.0. The number of anilines is 1. The molecule has 2 saturated heterocycles. The van der Waals surface area contributed by atoms with E-state index < -0.39 is 7.36 Å². The average molecular weight is 469 g/mol. The lowest BCUT2D eigenvalue weighted by molar-refractivity contribution is 0.368. The fourth-order valence-electron chi connectivity index (χ4n) is 4.80. The third-order valence-electron chi connectivity index (χ3n) is 6.20. The highest BCUT2D eigenvalue weighted by atomic mass is 35.5. The van der Waals surface area contributed by atoms with Crippen molar-refractivity contribution in [1.29, 1.82) is 0 Å². The van der Waals surface area contributed by atoms with Crippen molar-refractivity contribution in [2.45, 2.75) is 77.3 Å². The van der Waals surface area contributed by atoms with Crippen molar-refractivity contribution < 1.29 is 0 Å². The summed E-state index contributed by atoms with van der Waals surface area (Å²) in [5.74, 6) is 0. The van der Waals surface area contributed by atoms with E-state index in [1.807, 2.05) is 24.3 Å². The highest BCUT2D eigenvalue weighted by Crippen LogP contribution is 2.66. The molecule has 2 heterocycles. The van der Waals surface area contributed by atoms with Gasteiger partial charge < -0.3 is 5.32 Å². The van der Waals surface area contributed by atoms with Gasteiger partial charge in [0.05, 0.1) is 10.7 Å². The molecule has 0 radical (unpaired) electrons. The number of nitrogens with one attached hydrogen (secondary N) is 1. The SMILES string of the molecule is CC(C)(C)P(=NC(=S)Nc1ccccc1Cl)(N1CCCCCC1)N1CCCCCC1. The van der Waals surface area contributed by atoms with Crippen LogP contribution in [0.25, 0.3) is 0 Å². The van der Waals surface area contributed by atoms with Crippen molar-refractivity contribution in [3.63, 3.8) is 0 Å². The third-order valence-corrected chi connectivity index (χ3v) is 11.5. The second-order valence-corrected chi connectivity index (χ2v) is 14.1. The number of halogens is 1. The van der Waals surface area contributed by atoms with E-state index in [2.05, 4.69) is 35.4 Å². The quantitative estimate of drug-likeness (QED) is 0.365. The number of para-hydroxylation sites is 1. The minimum absolute atomic E-state index is 0.0217. The van der Waals surface area contributed by atoms with Crippen molar-refractivity contribution in [2.24, 2.45) is 4.74 Å². The predicted molar refractivity (Wildman–Crippen MR) is 137 cm³/mol. The maximum absolute atomic E-state index is 6.39. The van der Waals surface area contributed by atoms with E-state index in [9.17, 15) is 0 Å². The van der Waals surface area contributed by atoms with E-state index in [1.165, 1.54) is 51.4 Å². The minimum Gasteiger partial charge on any atom is -0.330 e. The molecule has 1 aromatic carbocycles. The first kappa shape index (κ1) is 24.2. The molecule has 2 aliphatic heterocycles. The smallest absolute Gasteiger partial charge is 0.198 e. The molecule has 168 valence electrons. The zero-order chi connectivity index (χ0) is 21.6. The van der Waals surface area contributed by atoms with Crippen LogP contribution in [0.1, 0.15) is 72.1 Å². The molecule has 30 heavy (non-hydrogen) atoms. The Morgan fingerprint density at radius 1 is 0.900 bits per heavy atom. The largest absolute Gasteiger partial charge is 0.330 e. The van der Waals surface area contributed by atoms with Gasteiger partial charge in [-0.05, 0) is 50.0 Å². The lowest BCUT2D eigenvalue weighted by Gasteiger charge is -2.50. The second kappa shape index (κ2) is 10.9. The van der Waals surface area contributed by atoms with Gasteiger partial charge in [-0.25, -0.2) is 4.74 Å². The fourth-order valence-corrected chi connectivity index (χ4v) is 10.0. The Hall–Kier alpha value is -0.450. The molecule has 0 amide bonds. The van der Waals surface area contributed by atoms with Gasteiger partial charge in [-0.2, -0.15) is 0 Å². The van der Waals surface area contributed by atoms with Gasteiger partial charge in [0.15, 0.2) is 5.11 Å². The molecule has 4 nitrogen and oxygen atoms in total. The maximum Gasteiger partial charge on any atom is 0.198 e. The highest BCUT2D eigenvalue weighted by molar-refractivity contribution is 7.81. The standard InChI is InChI=1S/C23H38ClN4PS/c1-23(2,3)29(27-16-10-4-5-11-17-27,28-18-12-6-7-13-19-28)26-22(30)25-21-15-9-8-14-20(21)24/h8-9,14-15H,4-7,10-13,16-19H2,1-3H3,(H,25,30). The van der Waals surface area contributed by atoms with Crippen LogP contribution in [0.2, 0.25) is 5.02 Å². The van der Waals surface area contributed by atoms with E-state index in [-0.39, 0.29) is 5.16 Å². The summed E-state index contributed by atoms with van der Waals surface area (Å²) in [6, 6.07) is 7.78. The van der Waals surface area contributed by atoms with Crippen LogP contribution in [0.4, 0.5) is 5.69 Å². The van der Waals surface area contributed by atoms with Gasteiger partial charge in [0.1, 0.15) is 7.36 Å². The van der Waals surface area contributed by atoms with Gasteiger partial charge in [-0.3, -0.25) is 9.34 Å². The number of rotatable bonds is 3. The molecule has 2 fully saturated rings. The number of nitrogens with zero attached hydrogens (tertiary/aromatic N) is 3. The Morgan fingerprint density at radius 2 is 1.37 bits per heavy atom. The van der Waals surface area contributed by atoms with Gasteiger partial charge >= 0.3 is 0 Å². The van der Waals surface area contributed by atoms with E-state index in [1.54, 1.807) is 0 Å². The lowest BCUT2D eigenvalue weighted by atomic mass is 10.2. The molecule has 3 rings (SSSR count).